The Morgan fingerprint density at radius 3 is 2.53 bits per heavy atom. The molecule has 0 aromatic carbocycles. The third kappa shape index (κ3) is 4.38. The first-order valence-corrected chi connectivity index (χ1v) is 6.89. The summed E-state index contributed by atoms with van der Waals surface area (Å²) in [5.74, 6) is -0.518. The van der Waals surface area contributed by atoms with Crippen LogP contribution in [0, 0.1) is 5.92 Å². The Bertz CT molecular complexity index is 340. The highest BCUT2D eigenvalue weighted by Gasteiger charge is 2.37. The lowest BCUT2D eigenvalue weighted by molar-refractivity contribution is -0.137. The number of rotatable bonds is 8. The molecular formula is C13H22N2O4. The van der Waals surface area contributed by atoms with E-state index in [4.69, 9.17) is 9.84 Å². The second kappa shape index (κ2) is 6.23. The van der Waals surface area contributed by atoms with Crippen LogP contribution in [0.2, 0.25) is 0 Å². The normalized spacial score (nSPS) is 19.8. The molecule has 1 atom stereocenters. The molecule has 1 unspecified atom stereocenters. The van der Waals surface area contributed by atoms with Gasteiger partial charge in [0.25, 0.3) is 0 Å². The largest absolute Gasteiger partial charge is 0.481 e. The number of carboxylic acids is 1. The molecule has 2 aliphatic rings. The summed E-state index contributed by atoms with van der Waals surface area (Å²) >= 11 is 0. The SMILES string of the molecule is COCCN(C(=O)NC(CC(=O)O)C1CC1)C1CC1. The topological polar surface area (TPSA) is 78.9 Å². The first kappa shape index (κ1) is 14.1. The molecule has 19 heavy (non-hydrogen) atoms. The Kier molecular flexibility index (Phi) is 4.63. The highest BCUT2D eigenvalue weighted by Crippen LogP contribution is 2.34. The number of aliphatic carboxylic acids is 1. The van der Waals surface area contributed by atoms with Crippen LogP contribution in [-0.4, -0.2) is 54.4 Å². The standard InChI is InChI=1S/C13H22N2O4/c1-19-7-6-15(10-4-5-10)13(18)14-11(8-12(16)17)9-2-3-9/h9-11H,2-8H2,1H3,(H,14,18)(H,16,17). The van der Waals surface area contributed by atoms with Gasteiger partial charge >= 0.3 is 12.0 Å². The van der Waals surface area contributed by atoms with Gasteiger partial charge in [-0.15, -0.1) is 0 Å². The van der Waals surface area contributed by atoms with Crippen molar-refractivity contribution in [3.05, 3.63) is 0 Å². The Hall–Kier alpha value is -1.30. The third-order valence-electron chi connectivity index (χ3n) is 3.68. The molecule has 2 rings (SSSR count). The van der Waals surface area contributed by atoms with Crippen molar-refractivity contribution in [3.63, 3.8) is 0 Å². The van der Waals surface area contributed by atoms with Crippen LogP contribution in [0.25, 0.3) is 0 Å². The van der Waals surface area contributed by atoms with E-state index in [0.717, 1.165) is 25.7 Å². The fourth-order valence-electron chi connectivity index (χ4n) is 2.29. The maximum atomic E-state index is 12.2. The molecule has 6 heteroatoms. The highest BCUT2D eigenvalue weighted by atomic mass is 16.5. The van der Waals surface area contributed by atoms with Gasteiger partial charge in [0.2, 0.25) is 0 Å². The molecule has 2 aliphatic carbocycles. The van der Waals surface area contributed by atoms with Crippen LogP contribution in [0.1, 0.15) is 32.1 Å². The zero-order chi connectivity index (χ0) is 13.8. The molecule has 2 amide bonds. The van der Waals surface area contributed by atoms with Gasteiger partial charge < -0.3 is 20.1 Å². The minimum absolute atomic E-state index is 0.0131. The Morgan fingerprint density at radius 2 is 2.05 bits per heavy atom. The molecule has 6 nitrogen and oxygen atoms in total. The van der Waals surface area contributed by atoms with Crippen LogP contribution in [-0.2, 0) is 9.53 Å². The number of methoxy groups -OCH3 is 1. The van der Waals surface area contributed by atoms with E-state index < -0.39 is 5.97 Å². The number of urea groups is 1. The maximum Gasteiger partial charge on any atom is 0.317 e. The Morgan fingerprint density at radius 1 is 1.37 bits per heavy atom. The zero-order valence-electron chi connectivity index (χ0n) is 11.3. The minimum Gasteiger partial charge on any atom is -0.481 e. The summed E-state index contributed by atoms with van der Waals surface area (Å²) in [4.78, 5) is 24.8. The van der Waals surface area contributed by atoms with E-state index in [1.165, 1.54) is 0 Å². The van der Waals surface area contributed by atoms with Crippen molar-refractivity contribution < 1.29 is 19.4 Å². The number of nitrogens with zero attached hydrogens (tertiary/aromatic N) is 1. The fourth-order valence-corrected chi connectivity index (χ4v) is 2.29. The molecule has 0 aliphatic heterocycles. The predicted molar refractivity (Wildman–Crippen MR) is 68.9 cm³/mol. The highest BCUT2D eigenvalue weighted by molar-refractivity contribution is 5.76. The summed E-state index contributed by atoms with van der Waals surface area (Å²) in [6, 6.07) is -0.0636. The molecule has 0 bridgehead atoms. The van der Waals surface area contributed by atoms with E-state index in [-0.39, 0.29) is 18.5 Å². The Balaban J connectivity index is 1.86. The molecule has 0 spiro atoms. The van der Waals surface area contributed by atoms with Crippen molar-refractivity contribution in [2.75, 3.05) is 20.3 Å². The van der Waals surface area contributed by atoms with E-state index in [1.807, 2.05) is 0 Å². The molecule has 0 saturated heterocycles. The average molecular weight is 270 g/mol. The lowest BCUT2D eigenvalue weighted by Gasteiger charge is -2.25. The van der Waals surface area contributed by atoms with Crippen LogP contribution in [0.4, 0.5) is 4.79 Å². The molecule has 108 valence electrons. The molecule has 2 N–H and O–H groups in total. The summed E-state index contributed by atoms with van der Waals surface area (Å²) in [7, 11) is 1.61. The van der Waals surface area contributed by atoms with Gasteiger partial charge in [0, 0.05) is 25.7 Å². The third-order valence-corrected chi connectivity index (χ3v) is 3.68. The first-order valence-electron chi connectivity index (χ1n) is 6.89. The predicted octanol–water partition coefficient (Wildman–Crippen LogP) is 1.06. The molecule has 0 heterocycles. The molecular weight excluding hydrogens is 248 g/mol. The maximum absolute atomic E-state index is 12.2. The Labute approximate surface area is 113 Å². The number of hydrogen-bond donors (Lipinski definition) is 2. The van der Waals surface area contributed by atoms with Gasteiger partial charge in [-0.2, -0.15) is 0 Å². The van der Waals surface area contributed by atoms with Gasteiger partial charge in [-0.1, -0.05) is 0 Å². The van der Waals surface area contributed by atoms with Gasteiger partial charge in [0.1, 0.15) is 0 Å². The monoisotopic (exact) mass is 270 g/mol. The number of carboxylic acid groups (broad SMARTS) is 1. The first-order chi connectivity index (χ1) is 9.11. The number of carbonyl (C=O) groups is 2. The van der Waals surface area contributed by atoms with Crippen LogP contribution in [0.3, 0.4) is 0 Å². The van der Waals surface area contributed by atoms with E-state index in [2.05, 4.69) is 5.32 Å². The summed E-state index contributed by atoms with van der Waals surface area (Å²) in [6.07, 6.45) is 4.10. The molecule has 0 radical (unpaired) electrons. The van der Waals surface area contributed by atoms with Gasteiger partial charge in [-0.05, 0) is 31.6 Å². The lowest BCUT2D eigenvalue weighted by atomic mass is 10.1. The van der Waals surface area contributed by atoms with Crippen molar-refractivity contribution >= 4 is 12.0 Å². The van der Waals surface area contributed by atoms with Crippen LogP contribution >= 0.6 is 0 Å². The van der Waals surface area contributed by atoms with Gasteiger partial charge in [0.15, 0.2) is 0 Å². The lowest BCUT2D eigenvalue weighted by Crippen LogP contribution is -2.48. The second-order valence-electron chi connectivity index (χ2n) is 5.41. The van der Waals surface area contributed by atoms with E-state index in [0.29, 0.717) is 25.1 Å². The summed E-state index contributed by atoms with van der Waals surface area (Å²) in [5.41, 5.74) is 0. The average Bonchev–Trinajstić information content (AvgIpc) is 3.20. The van der Waals surface area contributed by atoms with Crippen molar-refractivity contribution in [1.29, 1.82) is 0 Å². The quantitative estimate of drug-likeness (QED) is 0.691. The van der Waals surface area contributed by atoms with Crippen molar-refractivity contribution in [2.45, 2.75) is 44.2 Å². The van der Waals surface area contributed by atoms with Gasteiger partial charge in [-0.3, -0.25) is 4.79 Å². The summed E-state index contributed by atoms with van der Waals surface area (Å²) in [5, 5.41) is 11.8. The van der Waals surface area contributed by atoms with Crippen LogP contribution < -0.4 is 5.32 Å². The van der Waals surface area contributed by atoms with E-state index >= 15 is 0 Å². The number of nitrogens with one attached hydrogen (secondary N) is 1. The van der Waals surface area contributed by atoms with Crippen LogP contribution in [0.15, 0.2) is 0 Å². The van der Waals surface area contributed by atoms with Crippen LogP contribution in [0.5, 0.6) is 0 Å². The summed E-state index contributed by atoms with van der Waals surface area (Å²) in [6.45, 7) is 1.08. The molecule has 2 fully saturated rings. The van der Waals surface area contributed by atoms with Crippen molar-refractivity contribution in [1.82, 2.24) is 10.2 Å². The second-order valence-corrected chi connectivity index (χ2v) is 5.41. The summed E-state index contributed by atoms with van der Waals surface area (Å²) < 4.78 is 5.01. The fraction of sp³-hybridized carbons (Fsp3) is 0.846. The van der Waals surface area contributed by atoms with Crippen molar-refractivity contribution in [2.24, 2.45) is 5.92 Å². The van der Waals surface area contributed by atoms with E-state index in [9.17, 15) is 9.59 Å². The van der Waals surface area contributed by atoms with Gasteiger partial charge in [-0.25, -0.2) is 4.79 Å². The number of carbonyl (C=O) groups excluding carboxylic acids is 1. The van der Waals surface area contributed by atoms with E-state index in [1.54, 1.807) is 12.0 Å². The number of ether oxygens (including phenoxy) is 1. The zero-order valence-corrected chi connectivity index (χ0v) is 11.3. The smallest absolute Gasteiger partial charge is 0.317 e. The molecule has 2 saturated carbocycles. The minimum atomic E-state index is -0.855. The molecule has 0 aromatic rings. The van der Waals surface area contributed by atoms with Crippen molar-refractivity contribution in [3.8, 4) is 0 Å². The number of hydrogen-bond acceptors (Lipinski definition) is 3. The number of amides is 2. The molecule has 0 aromatic heterocycles. The van der Waals surface area contributed by atoms with Gasteiger partial charge in [0.05, 0.1) is 13.0 Å².